The summed E-state index contributed by atoms with van der Waals surface area (Å²) in [5, 5.41) is 0. The Balaban J connectivity index is 1.64. The van der Waals surface area contributed by atoms with Gasteiger partial charge in [-0.25, -0.2) is 0 Å². The summed E-state index contributed by atoms with van der Waals surface area (Å²) < 4.78 is 13.0. The van der Waals surface area contributed by atoms with Gasteiger partial charge in [0.1, 0.15) is 6.61 Å². The molecule has 2 aromatic rings. The molecule has 0 heterocycles. The van der Waals surface area contributed by atoms with Crippen molar-refractivity contribution in [2.24, 2.45) is 5.92 Å². The third-order valence-corrected chi connectivity index (χ3v) is 4.59. The van der Waals surface area contributed by atoms with Gasteiger partial charge in [-0.05, 0) is 42.5 Å². The van der Waals surface area contributed by atoms with Crippen LogP contribution in [0, 0.1) is 5.92 Å². The van der Waals surface area contributed by atoms with E-state index in [2.05, 4.69) is 28.1 Å². The highest BCUT2D eigenvalue weighted by molar-refractivity contribution is 9.10. The van der Waals surface area contributed by atoms with E-state index in [0.717, 1.165) is 28.1 Å². The minimum Gasteiger partial charge on any atom is -0.489 e. The molecule has 3 rings (SSSR count). The molecule has 22 heavy (non-hydrogen) atoms. The maximum atomic E-state index is 6.02. The van der Waals surface area contributed by atoms with Crippen LogP contribution in [0.25, 0.3) is 0 Å². The molecular formula is C19H21BrO2. The molecule has 0 saturated heterocycles. The van der Waals surface area contributed by atoms with Crippen molar-refractivity contribution in [1.82, 2.24) is 0 Å². The number of benzene rings is 2. The van der Waals surface area contributed by atoms with Crippen molar-refractivity contribution >= 4 is 15.9 Å². The molecule has 1 aliphatic carbocycles. The molecule has 3 heteroatoms. The van der Waals surface area contributed by atoms with Crippen LogP contribution in [0.4, 0.5) is 0 Å². The van der Waals surface area contributed by atoms with Crippen LogP contribution in [0.2, 0.25) is 0 Å². The first-order valence-electron chi connectivity index (χ1n) is 7.90. The molecular weight excluding hydrogens is 340 g/mol. The van der Waals surface area contributed by atoms with Crippen LogP contribution in [-0.2, 0) is 6.61 Å². The fraction of sp³-hybridized carbons (Fsp3) is 0.368. The largest absolute Gasteiger partial charge is 0.489 e. The van der Waals surface area contributed by atoms with Gasteiger partial charge in [0.25, 0.3) is 0 Å². The molecule has 0 spiro atoms. The SMILES string of the molecule is Brc1ccc(OCC2CCCC2)c(OCc2ccccc2)c1. The molecule has 0 unspecified atom stereocenters. The Kier molecular flexibility index (Phi) is 5.38. The van der Waals surface area contributed by atoms with E-state index in [0.29, 0.717) is 12.5 Å². The molecule has 0 amide bonds. The second-order valence-electron chi connectivity index (χ2n) is 5.83. The summed E-state index contributed by atoms with van der Waals surface area (Å²) in [6.07, 6.45) is 5.25. The van der Waals surface area contributed by atoms with Gasteiger partial charge in [-0.15, -0.1) is 0 Å². The second-order valence-corrected chi connectivity index (χ2v) is 6.74. The van der Waals surface area contributed by atoms with E-state index in [1.165, 1.54) is 25.7 Å². The second kappa shape index (κ2) is 7.68. The molecule has 0 N–H and O–H groups in total. The Morgan fingerprint density at radius 3 is 2.45 bits per heavy atom. The van der Waals surface area contributed by atoms with Crippen molar-refractivity contribution in [3.8, 4) is 11.5 Å². The molecule has 0 radical (unpaired) electrons. The van der Waals surface area contributed by atoms with Gasteiger partial charge in [0.05, 0.1) is 6.61 Å². The van der Waals surface area contributed by atoms with Gasteiger partial charge in [0.2, 0.25) is 0 Å². The average Bonchev–Trinajstić information content (AvgIpc) is 3.06. The number of hydrogen-bond acceptors (Lipinski definition) is 2. The molecule has 2 aromatic carbocycles. The highest BCUT2D eigenvalue weighted by atomic mass is 79.9. The molecule has 1 fully saturated rings. The Labute approximate surface area is 140 Å². The summed E-state index contributed by atoms with van der Waals surface area (Å²) in [4.78, 5) is 0. The Bertz CT molecular complexity index is 592. The van der Waals surface area contributed by atoms with Crippen LogP contribution < -0.4 is 9.47 Å². The van der Waals surface area contributed by atoms with E-state index in [1.54, 1.807) is 0 Å². The average molecular weight is 361 g/mol. The molecule has 0 bridgehead atoms. The summed E-state index contributed by atoms with van der Waals surface area (Å²) in [7, 11) is 0. The standard InChI is InChI=1S/C19H21BrO2/c20-17-10-11-18(21-13-16-8-4-5-9-16)19(12-17)22-14-15-6-2-1-3-7-15/h1-3,6-7,10-12,16H,4-5,8-9,13-14H2. The number of halogens is 1. The van der Waals surface area contributed by atoms with Gasteiger partial charge in [-0.1, -0.05) is 59.1 Å². The summed E-state index contributed by atoms with van der Waals surface area (Å²) in [5.41, 5.74) is 1.16. The Morgan fingerprint density at radius 1 is 0.909 bits per heavy atom. The monoisotopic (exact) mass is 360 g/mol. The van der Waals surface area contributed by atoms with Crippen molar-refractivity contribution in [3.05, 3.63) is 58.6 Å². The predicted molar refractivity (Wildman–Crippen MR) is 92.4 cm³/mol. The van der Waals surface area contributed by atoms with Crippen molar-refractivity contribution in [3.63, 3.8) is 0 Å². The van der Waals surface area contributed by atoms with Crippen molar-refractivity contribution < 1.29 is 9.47 Å². The molecule has 1 aliphatic rings. The minimum atomic E-state index is 0.553. The van der Waals surface area contributed by atoms with Crippen LogP contribution in [0.1, 0.15) is 31.2 Å². The van der Waals surface area contributed by atoms with Gasteiger partial charge >= 0.3 is 0 Å². The van der Waals surface area contributed by atoms with Crippen LogP contribution in [0.5, 0.6) is 11.5 Å². The third kappa shape index (κ3) is 4.26. The van der Waals surface area contributed by atoms with E-state index in [1.807, 2.05) is 36.4 Å². The van der Waals surface area contributed by atoms with Crippen LogP contribution in [-0.4, -0.2) is 6.61 Å². The third-order valence-electron chi connectivity index (χ3n) is 4.09. The Morgan fingerprint density at radius 2 is 1.68 bits per heavy atom. The lowest BCUT2D eigenvalue weighted by Crippen LogP contribution is -2.09. The van der Waals surface area contributed by atoms with E-state index >= 15 is 0 Å². The Hall–Kier alpha value is -1.48. The normalized spacial score (nSPS) is 15.0. The lowest BCUT2D eigenvalue weighted by molar-refractivity contribution is 0.228. The van der Waals surface area contributed by atoms with Crippen molar-refractivity contribution in [1.29, 1.82) is 0 Å². The smallest absolute Gasteiger partial charge is 0.162 e. The zero-order valence-electron chi connectivity index (χ0n) is 12.6. The molecule has 0 atom stereocenters. The minimum absolute atomic E-state index is 0.553. The highest BCUT2D eigenvalue weighted by Crippen LogP contribution is 2.33. The van der Waals surface area contributed by atoms with Crippen LogP contribution in [0.15, 0.2) is 53.0 Å². The maximum Gasteiger partial charge on any atom is 0.162 e. The predicted octanol–water partition coefficient (Wildman–Crippen LogP) is 5.60. The highest BCUT2D eigenvalue weighted by Gasteiger charge is 2.16. The van der Waals surface area contributed by atoms with Gasteiger partial charge in [-0.3, -0.25) is 0 Å². The molecule has 116 valence electrons. The van der Waals surface area contributed by atoms with Gasteiger partial charge in [-0.2, -0.15) is 0 Å². The van der Waals surface area contributed by atoms with Crippen LogP contribution >= 0.6 is 15.9 Å². The topological polar surface area (TPSA) is 18.5 Å². The summed E-state index contributed by atoms with van der Waals surface area (Å²) in [6.45, 7) is 1.35. The lowest BCUT2D eigenvalue weighted by atomic mass is 10.1. The summed E-state index contributed by atoms with van der Waals surface area (Å²) in [6, 6.07) is 16.2. The van der Waals surface area contributed by atoms with Gasteiger partial charge in [0.15, 0.2) is 11.5 Å². The van der Waals surface area contributed by atoms with E-state index in [4.69, 9.17) is 9.47 Å². The molecule has 2 nitrogen and oxygen atoms in total. The number of ether oxygens (including phenoxy) is 2. The lowest BCUT2D eigenvalue weighted by Gasteiger charge is -2.15. The van der Waals surface area contributed by atoms with E-state index < -0.39 is 0 Å². The molecule has 0 aliphatic heterocycles. The first-order valence-corrected chi connectivity index (χ1v) is 8.69. The zero-order valence-corrected chi connectivity index (χ0v) is 14.2. The van der Waals surface area contributed by atoms with Gasteiger partial charge in [0, 0.05) is 4.47 Å². The van der Waals surface area contributed by atoms with E-state index in [-0.39, 0.29) is 0 Å². The first kappa shape index (κ1) is 15.4. The number of hydrogen-bond donors (Lipinski definition) is 0. The fourth-order valence-corrected chi connectivity index (χ4v) is 3.17. The van der Waals surface area contributed by atoms with Crippen molar-refractivity contribution in [2.75, 3.05) is 6.61 Å². The first-order chi connectivity index (χ1) is 10.8. The van der Waals surface area contributed by atoms with Crippen molar-refractivity contribution in [2.45, 2.75) is 32.3 Å². The van der Waals surface area contributed by atoms with Crippen LogP contribution in [0.3, 0.4) is 0 Å². The molecule has 1 saturated carbocycles. The summed E-state index contributed by atoms with van der Waals surface area (Å²) >= 11 is 3.50. The van der Waals surface area contributed by atoms with Gasteiger partial charge < -0.3 is 9.47 Å². The number of rotatable bonds is 6. The zero-order chi connectivity index (χ0) is 15.2. The molecule has 0 aromatic heterocycles. The quantitative estimate of drug-likeness (QED) is 0.667. The fourth-order valence-electron chi connectivity index (χ4n) is 2.83. The van der Waals surface area contributed by atoms with E-state index in [9.17, 15) is 0 Å². The summed E-state index contributed by atoms with van der Waals surface area (Å²) in [5.74, 6) is 2.34. The maximum absolute atomic E-state index is 6.02.